The number of benzene rings is 2. The molecule has 0 radical (unpaired) electrons. The van der Waals surface area contributed by atoms with Gasteiger partial charge in [0.1, 0.15) is 17.7 Å². The van der Waals surface area contributed by atoms with E-state index in [9.17, 15) is 14.4 Å². The number of terminal acetylenes is 1. The number of aromatic nitrogens is 2. The number of aryl methyl sites for hydroxylation is 2. The lowest BCUT2D eigenvalue weighted by Gasteiger charge is -2.24. The van der Waals surface area contributed by atoms with Crippen molar-refractivity contribution in [3.63, 3.8) is 0 Å². The number of methoxy groups -OCH3 is 1. The second kappa shape index (κ2) is 11.0. The first-order valence-electron chi connectivity index (χ1n) is 11.4. The second-order valence-electron chi connectivity index (χ2n) is 8.89. The van der Waals surface area contributed by atoms with E-state index in [0.717, 1.165) is 11.1 Å². The van der Waals surface area contributed by atoms with Crippen LogP contribution in [-0.4, -0.2) is 41.5 Å². The van der Waals surface area contributed by atoms with Crippen molar-refractivity contribution in [3.8, 4) is 12.3 Å². The number of fused-ring (bicyclic) bond motifs is 1. The molecule has 0 saturated heterocycles. The fourth-order valence-corrected chi connectivity index (χ4v) is 3.91. The van der Waals surface area contributed by atoms with Crippen molar-refractivity contribution in [2.45, 2.75) is 40.3 Å². The Kier molecular flexibility index (Phi) is 8.10. The highest BCUT2D eigenvalue weighted by atomic mass is 19.1. The minimum absolute atomic E-state index is 0.169. The summed E-state index contributed by atoms with van der Waals surface area (Å²) < 4.78 is 19.8. The molecule has 1 amide bonds. The molecule has 1 heterocycles. The molecule has 0 aliphatic carbocycles. The molecule has 0 aliphatic rings. The Morgan fingerprint density at radius 1 is 1.25 bits per heavy atom. The van der Waals surface area contributed by atoms with E-state index in [1.807, 2.05) is 13.0 Å². The molecule has 0 aliphatic heterocycles. The van der Waals surface area contributed by atoms with Gasteiger partial charge in [-0.05, 0) is 61.2 Å². The molecule has 9 heteroatoms. The Morgan fingerprint density at radius 2 is 1.97 bits per heavy atom. The molecular formula is C27H29FN4O4. The molecule has 1 aromatic heterocycles. The van der Waals surface area contributed by atoms with Gasteiger partial charge in [0, 0.05) is 12.2 Å². The summed E-state index contributed by atoms with van der Waals surface area (Å²) in [5, 5.41) is 2.98. The number of carbonyl (C=O) groups is 2. The number of halogens is 1. The molecule has 188 valence electrons. The summed E-state index contributed by atoms with van der Waals surface area (Å²) >= 11 is 0. The van der Waals surface area contributed by atoms with E-state index in [4.69, 9.17) is 11.2 Å². The van der Waals surface area contributed by atoms with E-state index >= 15 is 4.39 Å². The first-order chi connectivity index (χ1) is 17.0. The number of hydrogen-bond acceptors (Lipinski definition) is 6. The molecule has 0 fully saturated rings. The van der Waals surface area contributed by atoms with E-state index in [1.165, 1.54) is 19.2 Å². The van der Waals surface area contributed by atoms with Crippen LogP contribution in [0.1, 0.15) is 41.2 Å². The van der Waals surface area contributed by atoms with Crippen molar-refractivity contribution >= 4 is 28.5 Å². The smallest absolute Gasteiger partial charge is 0.328 e. The van der Waals surface area contributed by atoms with E-state index in [1.54, 1.807) is 37.8 Å². The van der Waals surface area contributed by atoms with E-state index in [2.05, 4.69) is 21.2 Å². The maximum atomic E-state index is 15.0. The fourth-order valence-electron chi connectivity index (χ4n) is 3.91. The standard InChI is InChI=1S/C27H29FN4O4/c1-7-10-32(14-18-12-21-23(11-16(18)4)29-17(5)30-26(21)34)19-8-9-20(22(28)13-19)25(33)31-24(15(2)3)27(35)36-6/h1,8-9,11-13,15,24H,10,14H2,2-6H3,(H,31,33)(H,29,30,34)/t24-/m0/s1. The zero-order valence-electron chi connectivity index (χ0n) is 20.9. The normalized spacial score (nSPS) is 11.7. The van der Waals surface area contributed by atoms with Gasteiger partial charge in [0.05, 0.1) is 30.1 Å². The Labute approximate surface area is 208 Å². The van der Waals surface area contributed by atoms with Crippen molar-refractivity contribution in [1.29, 1.82) is 0 Å². The van der Waals surface area contributed by atoms with Gasteiger partial charge in [-0.2, -0.15) is 0 Å². The molecule has 3 rings (SSSR count). The van der Waals surface area contributed by atoms with Gasteiger partial charge in [0.15, 0.2) is 0 Å². The van der Waals surface area contributed by atoms with Crippen LogP contribution in [0.5, 0.6) is 0 Å². The van der Waals surface area contributed by atoms with Crippen LogP contribution >= 0.6 is 0 Å². The van der Waals surface area contributed by atoms with Gasteiger partial charge in [-0.1, -0.05) is 19.8 Å². The van der Waals surface area contributed by atoms with Crippen LogP contribution < -0.4 is 15.8 Å². The minimum Gasteiger partial charge on any atom is -0.467 e. The molecule has 0 bridgehead atoms. The summed E-state index contributed by atoms with van der Waals surface area (Å²) in [5.41, 5.74) is 2.34. The predicted molar refractivity (Wildman–Crippen MR) is 136 cm³/mol. The van der Waals surface area contributed by atoms with Crippen molar-refractivity contribution in [3.05, 3.63) is 69.0 Å². The summed E-state index contributed by atoms with van der Waals surface area (Å²) in [6, 6.07) is 6.85. The summed E-state index contributed by atoms with van der Waals surface area (Å²) in [6.45, 7) is 7.60. The van der Waals surface area contributed by atoms with Crippen molar-refractivity contribution in [2.75, 3.05) is 18.6 Å². The molecule has 8 nitrogen and oxygen atoms in total. The van der Waals surface area contributed by atoms with Gasteiger partial charge in [0.2, 0.25) is 0 Å². The van der Waals surface area contributed by atoms with Gasteiger partial charge in [-0.15, -0.1) is 6.42 Å². The zero-order valence-corrected chi connectivity index (χ0v) is 20.9. The van der Waals surface area contributed by atoms with Gasteiger partial charge in [-0.25, -0.2) is 14.2 Å². The number of amides is 1. The topological polar surface area (TPSA) is 104 Å². The molecular weight excluding hydrogens is 463 g/mol. The number of carbonyl (C=O) groups excluding carboxylic acids is 2. The number of aromatic amines is 1. The number of anilines is 1. The van der Waals surface area contributed by atoms with Crippen LogP contribution in [-0.2, 0) is 16.1 Å². The molecule has 2 aromatic carbocycles. The van der Waals surface area contributed by atoms with E-state index in [0.29, 0.717) is 29.0 Å². The average molecular weight is 493 g/mol. The molecule has 36 heavy (non-hydrogen) atoms. The lowest BCUT2D eigenvalue weighted by atomic mass is 10.0. The number of esters is 1. The lowest BCUT2D eigenvalue weighted by Crippen LogP contribution is -2.45. The van der Waals surface area contributed by atoms with Crippen LogP contribution in [0.15, 0.2) is 35.1 Å². The summed E-state index contributed by atoms with van der Waals surface area (Å²) in [4.78, 5) is 45.9. The third kappa shape index (κ3) is 5.71. The van der Waals surface area contributed by atoms with Crippen molar-refractivity contribution in [1.82, 2.24) is 15.3 Å². The SMILES string of the molecule is C#CCN(Cc1cc2c(=O)[nH]c(C)nc2cc1C)c1ccc(C(=O)N[C@H](C(=O)OC)C(C)C)c(F)c1. The number of rotatable bonds is 8. The quantitative estimate of drug-likeness (QED) is 0.370. The third-order valence-electron chi connectivity index (χ3n) is 5.90. The monoisotopic (exact) mass is 492 g/mol. The van der Waals surface area contributed by atoms with Crippen LogP contribution in [0.3, 0.4) is 0 Å². The first kappa shape index (κ1) is 26.4. The molecule has 1 atom stereocenters. The summed E-state index contributed by atoms with van der Waals surface area (Å²) in [7, 11) is 1.23. The first-order valence-corrected chi connectivity index (χ1v) is 11.4. The number of nitrogens with one attached hydrogen (secondary N) is 2. The highest BCUT2D eigenvalue weighted by Crippen LogP contribution is 2.24. The molecule has 0 spiro atoms. The van der Waals surface area contributed by atoms with Crippen LogP contribution in [0.25, 0.3) is 10.9 Å². The lowest BCUT2D eigenvalue weighted by molar-refractivity contribution is -0.144. The van der Waals surface area contributed by atoms with E-state index in [-0.39, 0.29) is 23.6 Å². The van der Waals surface area contributed by atoms with E-state index < -0.39 is 23.7 Å². The van der Waals surface area contributed by atoms with Crippen molar-refractivity contribution < 1.29 is 18.7 Å². The van der Waals surface area contributed by atoms with Gasteiger partial charge < -0.3 is 19.9 Å². The molecule has 0 saturated carbocycles. The Hall–Kier alpha value is -4.19. The molecule has 3 aromatic rings. The number of H-pyrrole nitrogens is 1. The van der Waals surface area contributed by atoms with Gasteiger partial charge in [-0.3, -0.25) is 9.59 Å². The van der Waals surface area contributed by atoms with Crippen LogP contribution in [0.4, 0.5) is 10.1 Å². The predicted octanol–water partition coefficient (Wildman–Crippen LogP) is 3.25. The maximum absolute atomic E-state index is 15.0. The third-order valence-corrected chi connectivity index (χ3v) is 5.90. The van der Waals surface area contributed by atoms with Crippen LogP contribution in [0, 0.1) is 37.9 Å². The van der Waals surface area contributed by atoms with Crippen molar-refractivity contribution in [2.24, 2.45) is 5.92 Å². The number of ether oxygens (including phenoxy) is 1. The Bertz CT molecular complexity index is 1410. The molecule has 2 N–H and O–H groups in total. The second-order valence-corrected chi connectivity index (χ2v) is 8.89. The minimum atomic E-state index is -0.906. The highest BCUT2D eigenvalue weighted by molar-refractivity contribution is 5.97. The fraction of sp³-hybridized carbons (Fsp3) is 0.333. The van der Waals surface area contributed by atoms with Crippen LogP contribution in [0.2, 0.25) is 0 Å². The van der Waals surface area contributed by atoms with Gasteiger partial charge in [0.25, 0.3) is 11.5 Å². The number of hydrogen-bond donors (Lipinski definition) is 2. The molecule has 0 unspecified atom stereocenters. The zero-order chi connectivity index (χ0) is 26.6. The summed E-state index contributed by atoms with van der Waals surface area (Å²) in [6.07, 6.45) is 5.57. The largest absolute Gasteiger partial charge is 0.467 e. The Balaban J connectivity index is 1.90. The summed E-state index contributed by atoms with van der Waals surface area (Å²) in [5.74, 6) is 0.764. The Morgan fingerprint density at radius 3 is 2.58 bits per heavy atom. The maximum Gasteiger partial charge on any atom is 0.328 e. The average Bonchev–Trinajstić information content (AvgIpc) is 2.81. The highest BCUT2D eigenvalue weighted by Gasteiger charge is 2.26. The number of nitrogens with zero attached hydrogens (tertiary/aromatic N) is 2. The van der Waals surface area contributed by atoms with Gasteiger partial charge >= 0.3 is 5.97 Å².